The summed E-state index contributed by atoms with van der Waals surface area (Å²) < 4.78 is 13.4. The minimum Gasteiger partial charge on any atom is -0.333 e. The van der Waals surface area contributed by atoms with Gasteiger partial charge >= 0.3 is 0 Å². The lowest BCUT2D eigenvalue weighted by atomic mass is 10.0. The van der Waals surface area contributed by atoms with Crippen molar-refractivity contribution in [2.24, 2.45) is 0 Å². The number of nitrogens with zero attached hydrogens (tertiary/aromatic N) is 1. The Labute approximate surface area is 143 Å². The molecule has 1 aliphatic rings. The zero-order valence-corrected chi connectivity index (χ0v) is 14.1. The van der Waals surface area contributed by atoms with E-state index in [-0.39, 0.29) is 42.6 Å². The first-order valence-corrected chi connectivity index (χ1v) is 7.09. The van der Waals surface area contributed by atoms with Gasteiger partial charge in [0.2, 0.25) is 5.91 Å². The van der Waals surface area contributed by atoms with Gasteiger partial charge in [-0.1, -0.05) is 18.2 Å². The lowest BCUT2D eigenvalue weighted by Gasteiger charge is -2.36. The fourth-order valence-electron chi connectivity index (χ4n) is 2.56. The Morgan fingerprint density at radius 1 is 1.45 bits per heavy atom. The van der Waals surface area contributed by atoms with Crippen LogP contribution in [-0.4, -0.2) is 30.4 Å². The molecular weight excluding hydrogens is 326 g/mol. The fourth-order valence-corrected chi connectivity index (χ4v) is 2.56. The normalized spacial score (nSPS) is 17.1. The van der Waals surface area contributed by atoms with Gasteiger partial charge in [-0.15, -0.1) is 31.4 Å². The Morgan fingerprint density at radius 3 is 2.91 bits per heavy atom. The molecule has 0 radical (unpaired) electrons. The first-order valence-electron chi connectivity index (χ1n) is 7.09. The molecule has 0 aromatic heterocycles. The number of hydrogen-bond donors (Lipinski definition) is 1. The number of unbranched alkanes of at least 4 members (excludes halogenated alkanes) is 1. The van der Waals surface area contributed by atoms with Crippen LogP contribution in [-0.2, 0) is 4.79 Å². The van der Waals surface area contributed by atoms with Crippen molar-refractivity contribution >= 4 is 30.7 Å². The van der Waals surface area contributed by atoms with E-state index in [9.17, 15) is 9.18 Å². The van der Waals surface area contributed by atoms with Crippen molar-refractivity contribution in [2.75, 3.05) is 19.6 Å². The van der Waals surface area contributed by atoms with E-state index in [0.717, 1.165) is 24.9 Å². The van der Waals surface area contributed by atoms with Crippen LogP contribution in [0, 0.1) is 5.82 Å². The molecule has 1 atom stereocenters. The van der Waals surface area contributed by atoms with Crippen molar-refractivity contribution in [1.29, 1.82) is 0 Å². The van der Waals surface area contributed by atoms with E-state index >= 15 is 0 Å². The molecule has 1 aliphatic heterocycles. The van der Waals surface area contributed by atoms with Gasteiger partial charge in [0.15, 0.2) is 0 Å². The molecule has 0 aliphatic carbocycles. The van der Waals surface area contributed by atoms with Gasteiger partial charge in [0.1, 0.15) is 5.82 Å². The predicted octanol–water partition coefficient (Wildman–Crippen LogP) is 3.50. The minimum atomic E-state index is -0.257. The Kier molecular flexibility index (Phi) is 10.1. The Balaban J connectivity index is 0.00000220. The monoisotopic (exact) mass is 348 g/mol. The summed E-state index contributed by atoms with van der Waals surface area (Å²) in [6, 6.07) is 6.44. The zero-order valence-electron chi connectivity index (χ0n) is 12.5. The van der Waals surface area contributed by atoms with E-state index < -0.39 is 0 Å². The third-order valence-corrected chi connectivity index (χ3v) is 3.60. The van der Waals surface area contributed by atoms with Gasteiger partial charge in [0.05, 0.1) is 6.04 Å². The van der Waals surface area contributed by atoms with E-state index in [0.29, 0.717) is 19.5 Å². The van der Waals surface area contributed by atoms with Crippen LogP contribution in [0.5, 0.6) is 0 Å². The van der Waals surface area contributed by atoms with Crippen molar-refractivity contribution in [3.05, 3.63) is 48.3 Å². The zero-order chi connectivity index (χ0) is 14.4. The molecule has 1 fully saturated rings. The lowest BCUT2D eigenvalue weighted by Crippen LogP contribution is -2.48. The van der Waals surface area contributed by atoms with Gasteiger partial charge in [0.25, 0.3) is 0 Å². The summed E-state index contributed by atoms with van der Waals surface area (Å²) in [5, 5.41) is 3.27. The van der Waals surface area contributed by atoms with Gasteiger partial charge in [-0.3, -0.25) is 4.79 Å². The summed E-state index contributed by atoms with van der Waals surface area (Å²) in [4.78, 5) is 14.2. The molecule has 1 N–H and O–H groups in total. The smallest absolute Gasteiger partial charge is 0.223 e. The molecule has 3 nitrogen and oxygen atoms in total. The number of amides is 1. The predicted molar refractivity (Wildman–Crippen MR) is 92.3 cm³/mol. The third kappa shape index (κ3) is 5.59. The third-order valence-electron chi connectivity index (χ3n) is 3.60. The van der Waals surface area contributed by atoms with E-state index in [1.54, 1.807) is 6.07 Å². The highest BCUT2D eigenvalue weighted by molar-refractivity contribution is 5.85. The Bertz CT molecular complexity index is 485. The molecule has 1 heterocycles. The Morgan fingerprint density at radius 2 is 2.23 bits per heavy atom. The molecule has 1 aromatic rings. The number of nitrogens with one attached hydrogen (secondary N) is 1. The summed E-state index contributed by atoms with van der Waals surface area (Å²) in [5.41, 5.74) is 0.856. The van der Waals surface area contributed by atoms with Gasteiger partial charge in [0, 0.05) is 26.1 Å². The van der Waals surface area contributed by atoms with Crippen LogP contribution in [0.25, 0.3) is 0 Å². The second kappa shape index (κ2) is 10.6. The van der Waals surface area contributed by atoms with Gasteiger partial charge < -0.3 is 10.2 Å². The quantitative estimate of drug-likeness (QED) is 0.652. The standard InChI is InChI=1S/C16H21FN2O.2ClH/c1-2-3-4-8-16(20)19-10-9-18-12-15(19)13-6-5-7-14(17)11-13;;/h2,5-7,11,15,18H,1,3-4,8-10,12H2;2*1H. The molecular formula is C16H23Cl2FN2O. The second-order valence-corrected chi connectivity index (χ2v) is 5.04. The first kappa shape index (κ1) is 20.9. The Hall–Kier alpha value is -1.10. The lowest BCUT2D eigenvalue weighted by molar-refractivity contribution is -0.134. The van der Waals surface area contributed by atoms with E-state index in [1.807, 2.05) is 17.0 Å². The van der Waals surface area contributed by atoms with E-state index in [2.05, 4.69) is 11.9 Å². The minimum absolute atomic E-state index is 0. The highest BCUT2D eigenvalue weighted by atomic mass is 35.5. The molecule has 1 amide bonds. The molecule has 0 spiro atoms. The average Bonchev–Trinajstić information content (AvgIpc) is 2.47. The molecule has 22 heavy (non-hydrogen) atoms. The van der Waals surface area contributed by atoms with Crippen LogP contribution in [0.3, 0.4) is 0 Å². The maximum atomic E-state index is 13.4. The maximum absolute atomic E-state index is 13.4. The fraction of sp³-hybridized carbons (Fsp3) is 0.438. The largest absolute Gasteiger partial charge is 0.333 e. The van der Waals surface area contributed by atoms with Crippen LogP contribution < -0.4 is 5.32 Å². The molecule has 2 rings (SSSR count). The summed E-state index contributed by atoms with van der Waals surface area (Å²) >= 11 is 0. The summed E-state index contributed by atoms with van der Waals surface area (Å²) in [6.45, 7) is 5.81. The second-order valence-electron chi connectivity index (χ2n) is 5.04. The summed E-state index contributed by atoms with van der Waals surface area (Å²) in [6.07, 6.45) is 4.03. The molecule has 1 saturated heterocycles. The topological polar surface area (TPSA) is 32.3 Å². The van der Waals surface area contributed by atoms with Gasteiger partial charge in [-0.2, -0.15) is 0 Å². The SMILES string of the molecule is C=CCCCC(=O)N1CCNCC1c1cccc(F)c1.Cl.Cl. The van der Waals surface area contributed by atoms with Crippen molar-refractivity contribution in [3.8, 4) is 0 Å². The van der Waals surface area contributed by atoms with Crippen molar-refractivity contribution in [1.82, 2.24) is 10.2 Å². The molecule has 0 saturated carbocycles. The number of benzene rings is 1. The van der Waals surface area contributed by atoms with Crippen LogP contribution in [0.1, 0.15) is 30.9 Å². The number of hydrogen-bond acceptors (Lipinski definition) is 2. The van der Waals surface area contributed by atoms with Crippen molar-refractivity contribution in [2.45, 2.75) is 25.3 Å². The van der Waals surface area contributed by atoms with Gasteiger partial charge in [-0.25, -0.2) is 4.39 Å². The molecule has 6 heteroatoms. The van der Waals surface area contributed by atoms with Crippen molar-refractivity contribution in [3.63, 3.8) is 0 Å². The summed E-state index contributed by atoms with van der Waals surface area (Å²) in [7, 11) is 0. The number of piperazine rings is 1. The molecule has 1 unspecified atom stereocenters. The number of carbonyl (C=O) groups is 1. The number of allylic oxidation sites excluding steroid dienone is 1. The maximum Gasteiger partial charge on any atom is 0.223 e. The highest BCUT2D eigenvalue weighted by Crippen LogP contribution is 2.24. The molecule has 0 bridgehead atoms. The highest BCUT2D eigenvalue weighted by Gasteiger charge is 2.27. The van der Waals surface area contributed by atoms with Crippen LogP contribution >= 0.6 is 24.8 Å². The van der Waals surface area contributed by atoms with Gasteiger partial charge in [-0.05, 0) is 30.5 Å². The van der Waals surface area contributed by atoms with E-state index in [1.165, 1.54) is 12.1 Å². The number of halogens is 3. The number of carbonyl (C=O) groups excluding carboxylic acids is 1. The molecule has 1 aromatic carbocycles. The van der Waals surface area contributed by atoms with Crippen LogP contribution in [0.2, 0.25) is 0 Å². The number of rotatable bonds is 5. The average molecular weight is 349 g/mol. The first-order chi connectivity index (χ1) is 9.72. The van der Waals surface area contributed by atoms with Crippen LogP contribution in [0.15, 0.2) is 36.9 Å². The van der Waals surface area contributed by atoms with Crippen molar-refractivity contribution < 1.29 is 9.18 Å². The van der Waals surface area contributed by atoms with E-state index in [4.69, 9.17) is 0 Å². The summed E-state index contributed by atoms with van der Waals surface area (Å²) in [5.74, 6) is -0.116. The molecule has 124 valence electrons. The van der Waals surface area contributed by atoms with Crippen LogP contribution in [0.4, 0.5) is 4.39 Å².